The molecule has 0 saturated heterocycles. The van der Waals surface area contributed by atoms with E-state index in [0.29, 0.717) is 5.76 Å². The van der Waals surface area contributed by atoms with Gasteiger partial charge in [-0.15, -0.1) is 0 Å². The Hall–Kier alpha value is -2.72. The van der Waals surface area contributed by atoms with Gasteiger partial charge in [-0.2, -0.15) is 0 Å². The van der Waals surface area contributed by atoms with Gasteiger partial charge in [0.1, 0.15) is 11.6 Å². The highest BCUT2D eigenvalue weighted by Gasteiger charge is 2.28. The molecule has 0 radical (unpaired) electrons. The van der Waals surface area contributed by atoms with Crippen molar-refractivity contribution in [3.8, 4) is 0 Å². The van der Waals surface area contributed by atoms with Crippen molar-refractivity contribution in [2.24, 2.45) is 0 Å². The molecule has 0 spiro atoms. The first-order valence-electron chi connectivity index (χ1n) is 10.2. The van der Waals surface area contributed by atoms with Gasteiger partial charge in [-0.05, 0) is 49.2 Å². The number of sulfonamides is 1. The zero-order valence-electron chi connectivity index (χ0n) is 17.1. The maximum Gasteiger partial charge on any atom is 0.241 e. The van der Waals surface area contributed by atoms with Gasteiger partial charge in [-0.3, -0.25) is 9.59 Å². The number of nitrogens with zero attached hydrogens (tertiary/aromatic N) is 1. The third-order valence-electron chi connectivity index (χ3n) is 5.23. The van der Waals surface area contributed by atoms with Crippen LogP contribution < -0.4 is 10.0 Å². The number of amides is 2. The van der Waals surface area contributed by atoms with E-state index in [-0.39, 0.29) is 29.9 Å². The Balaban J connectivity index is 1.62. The van der Waals surface area contributed by atoms with Crippen LogP contribution in [0.3, 0.4) is 0 Å². The van der Waals surface area contributed by atoms with Crippen LogP contribution in [0.25, 0.3) is 0 Å². The molecule has 0 bridgehead atoms. The van der Waals surface area contributed by atoms with E-state index in [1.54, 1.807) is 12.1 Å². The summed E-state index contributed by atoms with van der Waals surface area (Å²) in [4.78, 5) is 26.6. The van der Waals surface area contributed by atoms with Crippen molar-refractivity contribution in [3.05, 3.63) is 54.2 Å². The van der Waals surface area contributed by atoms with E-state index < -0.39 is 28.3 Å². The molecular weight excluding hydrogens is 425 g/mol. The summed E-state index contributed by atoms with van der Waals surface area (Å²) in [6.07, 6.45) is 6.00. The van der Waals surface area contributed by atoms with Gasteiger partial charge < -0.3 is 14.6 Å². The molecule has 31 heavy (non-hydrogen) atoms. The highest BCUT2D eigenvalue weighted by Crippen LogP contribution is 2.22. The molecule has 3 rings (SSSR count). The first-order chi connectivity index (χ1) is 14.8. The Morgan fingerprint density at radius 1 is 1.10 bits per heavy atom. The SMILES string of the molecule is O=C(CN(C(=O)CNS(=O)(=O)c1ccc(F)cc1)C1CCCCC1)NCc1ccco1. The van der Waals surface area contributed by atoms with E-state index in [9.17, 15) is 22.4 Å². The number of furan rings is 1. The normalized spacial score (nSPS) is 14.9. The first kappa shape index (κ1) is 23.0. The lowest BCUT2D eigenvalue weighted by atomic mass is 9.94. The van der Waals surface area contributed by atoms with Crippen LogP contribution >= 0.6 is 0 Å². The third kappa shape index (κ3) is 6.63. The molecule has 168 valence electrons. The number of hydrogen-bond donors (Lipinski definition) is 2. The zero-order valence-corrected chi connectivity index (χ0v) is 17.9. The van der Waals surface area contributed by atoms with Crippen LogP contribution in [-0.2, 0) is 26.2 Å². The predicted molar refractivity (Wildman–Crippen MR) is 111 cm³/mol. The largest absolute Gasteiger partial charge is 0.467 e. The maximum atomic E-state index is 13.1. The second-order valence-corrected chi connectivity index (χ2v) is 9.21. The quantitative estimate of drug-likeness (QED) is 0.607. The van der Waals surface area contributed by atoms with Crippen molar-refractivity contribution in [3.63, 3.8) is 0 Å². The Kier molecular flexibility index (Phi) is 7.80. The van der Waals surface area contributed by atoms with Crippen molar-refractivity contribution in [2.45, 2.75) is 49.6 Å². The molecule has 0 unspecified atom stereocenters. The predicted octanol–water partition coefficient (Wildman–Crippen LogP) is 2.17. The zero-order chi connectivity index (χ0) is 22.3. The highest BCUT2D eigenvalue weighted by molar-refractivity contribution is 7.89. The fourth-order valence-electron chi connectivity index (χ4n) is 3.58. The van der Waals surface area contributed by atoms with Crippen molar-refractivity contribution < 1.29 is 26.8 Å². The summed E-state index contributed by atoms with van der Waals surface area (Å²) in [6.45, 7) is -0.445. The van der Waals surface area contributed by atoms with Gasteiger partial charge >= 0.3 is 0 Å². The van der Waals surface area contributed by atoms with Crippen molar-refractivity contribution in [1.82, 2.24) is 14.9 Å². The van der Waals surface area contributed by atoms with Gasteiger partial charge in [0.05, 0.1) is 30.8 Å². The maximum absolute atomic E-state index is 13.1. The summed E-state index contributed by atoms with van der Waals surface area (Å²) in [5.41, 5.74) is 0. The Bertz CT molecular complexity index is 971. The molecule has 1 saturated carbocycles. The third-order valence-corrected chi connectivity index (χ3v) is 6.64. The molecule has 10 heteroatoms. The van der Waals surface area contributed by atoms with E-state index in [4.69, 9.17) is 4.42 Å². The lowest BCUT2D eigenvalue weighted by Gasteiger charge is -2.34. The minimum Gasteiger partial charge on any atom is -0.467 e. The molecule has 2 N–H and O–H groups in total. The Labute approximate surface area is 180 Å². The van der Waals surface area contributed by atoms with Gasteiger partial charge in [0.2, 0.25) is 21.8 Å². The van der Waals surface area contributed by atoms with Gasteiger partial charge in [0.25, 0.3) is 0 Å². The number of rotatable bonds is 9. The van der Waals surface area contributed by atoms with E-state index >= 15 is 0 Å². The Morgan fingerprint density at radius 2 is 1.81 bits per heavy atom. The highest BCUT2D eigenvalue weighted by atomic mass is 32.2. The van der Waals surface area contributed by atoms with Crippen LogP contribution in [0.2, 0.25) is 0 Å². The summed E-state index contributed by atoms with van der Waals surface area (Å²) < 4.78 is 45.3. The number of halogens is 1. The van der Waals surface area contributed by atoms with E-state index in [0.717, 1.165) is 56.4 Å². The number of hydrogen-bond acceptors (Lipinski definition) is 5. The van der Waals surface area contributed by atoms with Crippen LogP contribution in [0.4, 0.5) is 4.39 Å². The number of nitrogens with one attached hydrogen (secondary N) is 2. The van der Waals surface area contributed by atoms with Crippen LogP contribution in [-0.4, -0.2) is 44.3 Å². The molecule has 2 aromatic rings. The summed E-state index contributed by atoms with van der Waals surface area (Å²) in [5, 5.41) is 2.71. The number of carbonyl (C=O) groups excluding carboxylic acids is 2. The molecule has 1 aliphatic rings. The van der Waals surface area contributed by atoms with E-state index in [1.807, 2.05) is 0 Å². The molecule has 0 aliphatic heterocycles. The van der Waals surface area contributed by atoms with Crippen LogP contribution in [0, 0.1) is 5.82 Å². The fraction of sp³-hybridized carbons (Fsp3) is 0.429. The molecule has 1 aromatic heterocycles. The number of benzene rings is 1. The molecule has 8 nitrogen and oxygen atoms in total. The van der Waals surface area contributed by atoms with Gasteiger partial charge in [0.15, 0.2) is 0 Å². The summed E-state index contributed by atoms with van der Waals surface area (Å²) in [5.74, 6) is -0.794. The van der Waals surface area contributed by atoms with Crippen LogP contribution in [0.5, 0.6) is 0 Å². The standard InChI is InChI=1S/C21H26FN3O5S/c22-16-8-10-19(11-9-16)31(28,29)24-14-21(27)25(17-5-2-1-3-6-17)15-20(26)23-13-18-7-4-12-30-18/h4,7-12,17,24H,1-3,5-6,13-15H2,(H,23,26). The average molecular weight is 452 g/mol. The van der Waals surface area contributed by atoms with Gasteiger partial charge in [-0.1, -0.05) is 19.3 Å². The minimum atomic E-state index is -3.98. The fourth-order valence-corrected chi connectivity index (χ4v) is 4.55. The van der Waals surface area contributed by atoms with E-state index in [2.05, 4.69) is 10.0 Å². The summed E-state index contributed by atoms with van der Waals surface area (Å²) >= 11 is 0. The van der Waals surface area contributed by atoms with Crippen molar-refractivity contribution in [2.75, 3.05) is 13.1 Å². The molecule has 2 amide bonds. The topological polar surface area (TPSA) is 109 Å². The first-order valence-corrected chi connectivity index (χ1v) is 11.7. The van der Waals surface area contributed by atoms with Crippen molar-refractivity contribution >= 4 is 21.8 Å². The summed E-state index contributed by atoms with van der Waals surface area (Å²) in [7, 11) is -3.98. The smallest absolute Gasteiger partial charge is 0.241 e. The molecule has 1 fully saturated rings. The minimum absolute atomic E-state index is 0.120. The molecule has 0 atom stereocenters. The molecule has 1 heterocycles. The molecule has 1 aliphatic carbocycles. The van der Waals surface area contributed by atoms with Crippen molar-refractivity contribution in [1.29, 1.82) is 0 Å². The van der Waals surface area contributed by atoms with Gasteiger partial charge in [-0.25, -0.2) is 17.5 Å². The lowest BCUT2D eigenvalue weighted by Crippen LogP contribution is -2.50. The average Bonchev–Trinajstić information content (AvgIpc) is 3.29. The monoisotopic (exact) mass is 451 g/mol. The molecular formula is C21H26FN3O5S. The van der Waals surface area contributed by atoms with E-state index in [1.165, 1.54) is 11.2 Å². The lowest BCUT2D eigenvalue weighted by molar-refractivity contribution is -0.138. The van der Waals surface area contributed by atoms with Crippen LogP contribution in [0.1, 0.15) is 37.9 Å². The summed E-state index contributed by atoms with van der Waals surface area (Å²) in [6, 6.07) is 7.65. The second kappa shape index (κ2) is 10.5. The Morgan fingerprint density at radius 3 is 2.45 bits per heavy atom. The van der Waals surface area contributed by atoms with Crippen LogP contribution in [0.15, 0.2) is 52.0 Å². The molecule has 1 aromatic carbocycles. The second-order valence-electron chi connectivity index (χ2n) is 7.45. The number of carbonyl (C=O) groups is 2. The van der Waals surface area contributed by atoms with Gasteiger partial charge in [0, 0.05) is 6.04 Å².